The number of carbonyl (C=O) groups is 3. The number of nitrogens with one attached hydrogen (secondary N) is 2. The summed E-state index contributed by atoms with van der Waals surface area (Å²) >= 11 is 0. The smallest absolute Gasteiger partial charge is 0.303 e. The first kappa shape index (κ1) is 20.2. The highest BCUT2D eigenvalue weighted by atomic mass is 16.5. The standard InChI is InChI=1S/C21H28N2O5/c1-20(2)12-15-11-14(3-4-16(15)28-20)13-22-17(24)5-8-21(10-7-19(26)27)9-6-18(25)23-21/h3-4,11H,5-10,12-13H2,1-2H3,(H,22,24)(H,23,25)(H,26,27)/t21-/m0/s1. The van der Waals surface area contributed by atoms with Gasteiger partial charge in [-0.15, -0.1) is 0 Å². The molecule has 3 N–H and O–H groups in total. The summed E-state index contributed by atoms with van der Waals surface area (Å²) in [6.07, 6.45) is 2.83. The monoisotopic (exact) mass is 388 g/mol. The van der Waals surface area contributed by atoms with Crippen molar-refractivity contribution in [3.05, 3.63) is 29.3 Å². The summed E-state index contributed by atoms with van der Waals surface area (Å²) in [5.41, 5.74) is 1.39. The number of aliphatic carboxylic acids is 1. The molecule has 1 atom stereocenters. The molecule has 1 aromatic rings. The average Bonchev–Trinajstić information content (AvgIpc) is 3.14. The molecule has 0 saturated carbocycles. The van der Waals surface area contributed by atoms with Gasteiger partial charge in [0.2, 0.25) is 11.8 Å². The number of hydrogen-bond donors (Lipinski definition) is 3. The summed E-state index contributed by atoms with van der Waals surface area (Å²) in [5, 5.41) is 14.8. The normalized spacial score (nSPS) is 22.3. The van der Waals surface area contributed by atoms with Gasteiger partial charge in [0.25, 0.3) is 0 Å². The van der Waals surface area contributed by atoms with Crippen molar-refractivity contribution in [2.24, 2.45) is 0 Å². The Morgan fingerprint density at radius 2 is 2.00 bits per heavy atom. The molecule has 0 unspecified atom stereocenters. The van der Waals surface area contributed by atoms with E-state index in [0.717, 1.165) is 23.3 Å². The molecule has 0 spiro atoms. The van der Waals surface area contributed by atoms with E-state index < -0.39 is 11.5 Å². The highest BCUT2D eigenvalue weighted by Gasteiger charge is 2.37. The van der Waals surface area contributed by atoms with Crippen molar-refractivity contribution in [2.75, 3.05) is 0 Å². The van der Waals surface area contributed by atoms with Crippen LogP contribution in [0.25, 0.3) is 0 Å². The van der Waals surface area contributed by atoms with Crippen LogP contribution in [0.3, 0.4) is 0 Å². The first-order valence-corrected chi connectivity index (χ1v) is 9.77. The number of hydrogen-bond acceptors (Lipinski definition) is 4. The Morgan fingerprint density at radius 3 is 2.68 bits per heavy atom. The van der Waals surface area contributed by atoms with E-state index in [1.165, 1.54) is 0 Å². The number of rotatable bonds is 8. The van der Waals surface area contributed by atoms with Crippen molar-refractivity contribution in [3.63, 3.8) is 0 Å². The van der Waals surface area contributed by atoms with E-state index in [4.69, 9.17) is 9.84 Å². The fourth-order valence-corrected chi connectivity index (χ4v) is 4.03. The molecule has 0 radical (unpaired) electrons. The van der Waals surface area contributed by atoms with Gasteiger partial charge in [0.1, 0.15) is 11.4 Å². The summed E-state index contributed by atoms with van der Waals surface area (Å²) in [6.45, 7) is 4.54. The van der Waals surface area contributed by atoms with Crippen LogP contribution >= 0.6 is 0 Å². The summed E-state index contributed by atoms with van der Waals surface area (Å²) in [6, 6.07) is 5.96. The molecule has 7 heteroatoms. The van der Waals surface area contributed by atoms with Crippen molar-refractivity contribution in [2.45, 2.75) is 76.5 Å². The second kappa shape index (κ2) is 7.81. The Labute approximate surface area is 164 Å². The van der Waals surface area contributed by atoms with Gasteiger partial charge in [0.05, 0.1) is 0 Å². The number of benzene rings is 1. The Kier molecular flexibility index (Phi) is 5.63. The van der Waals surface area contributed by atoms with Crippen LogP contribution < -0.4 is 15.4 Å². The maximum atomic E-state index is 12.3. The zero-order chi connectivity index (χ0) is 20.4. The minimum absolute atomic E-state index is 0.0184. The van der Waals surface area contributed by atoms with Crippen LogP contribution in [-0.4, -0.2) is 34.0 Å². The lowest BCUT2D eigenvalue weighted by molar-refractivity contribution is -0.137. The van der Waals surface area contributed by atoms with E-state index in [0.29, 0.717) is 32.2 Å². The van der Waals surface area contributed by atoms with Crippen molar-refractivity contribution in [1.82, 2.24) is 10.6 Å². The maximum Gasteiger partial charge on any atom is 0.303 e. The zero-order valence-electron chi connectivity index (χ0n) is 16.5. The predicted octanol–water partition coefficient (Wildman–Crippen LogP) is 2.31. The predicted molar refractivity (Wildman–Crippen MR) is 103 cm³/mol. The van der Waals surface area contributed by atoms with Gasteiger partial charge in [0, 0.05) is 37.8 Å². The molecule has 1 saturated heterocycles. The Bertz CT molecular complexity index is 789. The van der Waals surface area contributed by atoms with E-state index >= 15 is 0 Å². The van der Waals surface area contributed by atoms with Crippen molar-refractivity contribution >= 4 is 17.8 Å². The summed E-state index contributed by atoms with van der Waals surface area (Å²) in [4.78, 5) is 34.8. The zero-order valence-corrected chi connectivity index (χ0v) is 16.5. The van der Waals surface area contributed by atoms with E-state index in [-0.39, 0.29) is 30.3 Å². The molecular weight excluding hydrogens is 360 g/mol. The first-order valence-electron chi connectivity index (χ1n) is 9.77. The van der Waals surface area contributed by atoms with Gasteiger partial charge in [0.15, 0.2) is 0 Å². The van der Waals surface area contributed by atoms with Crippen LogP contribution in [0, 0.1) is 0 Å². The third-order valence-corrected chi connectivity index (χ3v) is 5.50. The van der Waals surface area contributed by atoms with Gasteiger partial charge in [-0.3, -0.25) is 14.4 Å². The molecule has 7 nitrogen and oxygen atoms in total. The molecule has 1 aromatic carbocycles. The quantitative estimate of drug-likeness (QED) is 0.634. The number of carbonyl (C=O) groups excluding carboxylic acids is 2. The van der Waals surface area contributed by atoms with Gasteiger partial charge in [-0.1, -0.05) is 12.1 Å². The fraction of sp³-hybridized carbons (Fsp3) is 0.571. The van der Waals surface area contributed by atoms with Crippen LogP contribution in [-0.2, 0) is 27.3 Å². The van der Waals surface area contributed by atoms with Crippen LogP contribution in [0.15, 0.2) is 18.2 Å². The van der Waals surface area contributed by atoms with Gasteiger partial charge in [-0.25, -0.2) is 0 Å². The van der Waals surface area contributed by atoms with Crippen molar-refractivity contribution in [3.8, 4) is 5.75 Å². The van der Waals surface area contributed by atoms with Gasteiger partial charge >= 0.3 is 5.97 Å². The number of carboxylic acid groups (broad SMARTS) is 1. The first-order chi connectivity index (χ1) is 13.2. The molecule has 0 bridgehead atoms. The molecule has 0 aliphatic carbocycles. The second-order valence-electron chi connectivity index (χ2n) is 8.48. The minimum atomic E-state index is -0.895. The lowest BCUT2D eigenvalue weighted by atomic mass is 9.86. The molecule has 28 heavy (non-hydrogen) atoms. The van der Waals surface area contributed by atoms with Crippen LogP contribution in [0.2, 0.25) is 0 Å². The third-order valence-electron chi connectivity index (χ3n) is 5.50. The van der Waals surface area contributed by atoms with Crippen molar-refractivity contribution < 1.29 is 24.2 Å². The molecule has 2 heterocycles. The van der Waals surface area contributed by atoms with Crippen LogP contribution in [0.1, 0.15) is 63.5 Å². The molecule has 2 amide bonds. The summed E-state index contributed by atoms with van der Waals surface area (Å²) in [7, 11) is 0. The average molecular weight is 388 g/mol. The second-order valence-corrected chi connectivity index (χ2v) is 8.48. The van der Waals surface area contributed by atoms with Gasteiger partial charge in [-0.2, -0.15) is 0 Å². The molecule has 1 fully saturated rings. The largest absolute Gasteiger partial charge is 0.487 e. The topological polar surface area (TPSA) is 105 Å². The van der Waals surface area contributed by atoms with E-state index in [2.05, 4.69) is 30.5 Å². The van der Waals surface area contributed by atoms with Crippen LogP contribution in [0.5, 0.6) is 5.75 Å². The number of carboxylic acids is 1. The van der Waals surface area contributed by atoms with Crippen molar-refractivity contribution in [1.29, 1.82) is 0 Å². The lowest BCUT2D eigenvalue weighted by Gasteiger charge is -2.28. The Hall–Kier alpha value is -2.57. The molecule has 2 aliphatic heterocycles. The molecular formula is C21H28N2O5. The number of fused-ring (bicyclic) bond motifs is 1. The van der Waals surface area contributed by atoms with E-state index in [1.807, 2.05) is 12.1 Å². The number of amides is 2. The lowest BCUT2D eigenvalue weighted by Crippen LogP contribution is -2.43. The third kappa shape index (κ3) is 5.03. The Morgan fingerprint density at radius 1 is 1.25 bits per heavy atom. The summed E-state index contributed by atoms with van der Waals surface area (Å²) < 4.78 is 5.87. The SMILES string of the molecule is CC1(C)Cc2cc(CNC(=O)CC[C@@]3(CCC(=O)O)CCC(=O)N3)ccc2O1. The van der Waals surface area contributed by atoms with E-state index in [1.54, 1.807) is 0 Å². The van der Waals surface area contributed by atoms with Gasteiger partial charge < -0.3 is 20.5 Å². The maximum absolute atomic E-state index is 12.3. The molecule has 152 valence electrons. The summed E-state index contributed by atoms with van der Waals surface area (Å²) in [5.74, 6) is -0.173. The highest BCUT2D eigenvalue weighted by Crippen LogP contribution is 2.35. The van der Waals surface area contributed by atoms with Gasteiger partial charge in [-0.05, 0) is 50.3 Å². The molecule has 0 aromatic heterocycles. The van der Waals surface area contributed by atoms with Crippen LogP contribution in [0.4, 0.5) is 0 Å². The minimum Gasteiger partial charge on any atom is -0.487 e. The highest BCUT2D eigenvalue weighted by molar-refractivity contribution is 5.80. The molecule has 3 rings (SSSR count). The molecule has 2 aliphatic rings. The number of ether oxygens (including phenoxy) is 1. The fourth-order valence-electron chi connectivity index (χ4n) is 4.03. The van der Waals surface area contributed by atoms with E-state index in [9.17, 15) is 14.4 Å². The Balaban J connectivity index is 1.50.